The third-order valence-electron chi connectivity index (χ3n) is 5.15. The zero-order valence-corrected chi connectivity index (χ0v) is 17.3. The Morgan fingerprint density at radius 3 is 1.92 bits per heavy atom. The van der Waals surface area contributed by atoms with E-state index in [0.29, 0.717) is 17.9 Å². The number of aryl methyl sites for hydroxylation is 1. The molecule has 1 N–H and O–H groups in total. The molecule has 0 amide bonds. The van der Waals surface area contributed by atoms with Gasteiger partial charge in [0.1, 0.15) is 11.3 Å². The van der Waals surface area contributed by atoms with Crippen LogP contribution in [-0.4, -0.2) is 17.7 Å². The van der Waals surface area contributed by atoms with Crippen LogP contribution in [0.5, 0.6) is 5.75 Å². The summed E-state index contributed by atoms with van der Waals surface area (Å²) in [5.41, 5.74) is 3.83. The second-order valence-electron chi connectivity index (χ2n) is 7.06. The number of carboxylic acid groups (broad SMARTS) is 1. The Labute approximate surface area is 160 Å². The number of unbranched alkanes of at least 4 members (excludes halogenated alkanes) is 7. The molecule has 0 fully saturated rings. The average molecular weight is 363 g/mol. The summed E-state index contributed by atoms with van der Waals surface area (Å²) >= 11 is 0. The summed E-state index contributed by atoms with van der Waals surface area (Å²) in [5.74, 6) is -0.278. The van der Waals surface area contributed by atoms with Crippen molar-refractivity contribution in [3.63, 3.8) is 0 Å². The van der Waals surface area contributed by atoms with E-state index in [1.54, 1.807) is 0 Å². The first-order chi connectivity index (χ1) is 12.6. The van der Waals surface area contributed by atoms with Crippen LogP contribution >= 0.6 is 0 Å². The van der Waals surface area contributed by atoms with Crippen LogP contribution in [0.25, 0.3) is 0 Å². The van der Waals surface area contributed by atoms with E-state index in [-0.39, 0.29) is 0 Å². The maximum Gasteiger partial charge on any atom is 0.339 e. The molecule has 0 spiro atoms. The molecule has 0 heterocycles. The van der Waals surface area contributed by atoms with Gasteiger partial charge in [0.15, 0.2) is 0 Å². The van der Waals surface area contributed by atoms with Gasteiger partial charge in [0, 0.05) is 0 Å². The predicted molar refractivity (Wildman–Crippen MR) is 110 cm³/mol. The minimum atomic E-state index is -0.886. The van der Waals surface area contributed by atoms with Gasteiger partial charge in [0.05, 0.1) is 6.61 Å². The van der Waals surface area contributed by atoms with Gasteiger partial charge >= 0.3 is 5.97 Å². The smallest absolute Gasteiger partial charge is 0.339 e. The van der Waals surface area contributed by atoms with Crippen LogP contribution in [0.4, 0.5) is 0 Å². The lowest BCUT2D eigenvalue weighted by Gasteiger charge is -2.19. The molecule has 0 unspecified atom stereocenters. The number of aromatic carboxylic acids is 1. The second kappa shape index (κ2) is 12.8. The summed E-state index contributed by atoms with van der Waals surface area (Å²) < 4.78 is 6.03. The molecule has 3 nitrogen and oxygen atoms in total. The molecule has 0 aliphatic heterocycles. The molecule has 26 heavy (non-hydrogen) atoms. The zero-order valence-electron chi connectivity index (χ0n) is 17.3. The Kier molecular flexibility index (Phi) is 11.1. The minimum Gasteiger partial charge on any atom is -0.492 e. The van der Waals surface area contributed by atoms with Gasteiger partial charge in [-0.3, -0.25) is 0 Å². The van der Waals surface area contributed by atoms with Crippen LogP contribution in [0.1, 0.15) is 106 Å². The molecular formula is C23H38O3. The molecule has 0 aliphatic rings. The van der Waals surface area contributed by atoms with Crippen molar-refractivity contribution in [3.05, 3.63) is 28.3 Å². The standard InChI is InChI=1S/C23H38O3/c1-5-9-10-11-12-13-14-15-16-26-22-20(8-4)19(7-3)18(6-2)17-21(22)23(24)25/h17H,5-16H2,1-4H3,(H,24,25). The molecule has 0 aromatic heterocycles. The maximum atomic E-state index is 11.7. The molecule has 0 atom stereocenters. The first kappa shape index (κ1) is 22.5. The Hall–Kier alpha value is -1.51. The molecule has 0 saturated carbocycles. The van der Waals surface area contributed by atoms with Crippen molar-refractivity contribution in [1.82, 2.24) is 0 Å². The summed E-state index contributed by atoms with van der Waals surface area (Å²) in [6, 6.07) is 1.82. The van der Waals surface area contributed by atoms with E-state index in [4.69, 9.17) is 4.74 Å². The van der Waals surface area contributed by atoms with E-state index < -0.39 is 5.97 Å². The average Bonchev–Trinajstić information content (AvgIpc) is 2.65. The lowest BCUT2D eigenvalue weighted by Crippen LogP contribution is -2.11. The number of ether oxygens (including phenoxy) is 1. The fourth-order valence-corrected chi connectivity index (χ4v) is 3.68. The molecular weight excluding hydrogens is 324 g/mol. The molecule has 0 aliphatic carbocycles. The van der Waals surface area contributed by atoms with E-state index in [2.05, 4.69) is 27.7 Å². The highest BCUT2D eigenvalue weighted by Crippen LogP contribution is 2.32. The molecule has 0 bridgehead atoms. The van der Waals surface area contributed by atoms with E-state index in [1.165, 1.54) is 44.1 Å². The Morgan fingerprint density at radius 1 is 0.846 bits per heavy atom. The van der Waals surface area contributed by atoms with Gasteiger partial charge in [-0.15, -0.1) is 0 Å². The summed E-state index contributed by atoms with van der Waals surface area (Å²) in [6.45, 7) is 9.15. The van der Waals surface area contributed by atoms with Gasteiger partial charge in [-0.25, -0.2) is 4.79 Å². The Morgan fingerprint density at radius 2 is 1.42 bits per heavy atom. The third kappa shape index (κ3) is 6.66. The van der Waals surface area contributed by atoms with Gasteiger partial charge in [0.2, 0.25) is 0 Å². The monoisotopic (exact) mass is 362 g/mol. The highest BCUT2D eigenvalue weighted by molar-refractivity contribution is 5.92. The van der Waals surface area contributed by atoms with Gasteiger partial charge in [-0.1, -0.05) is 72.6 Å². The van der Waals surface area contributed by atoms with E-state index >= 15 is 0 Å². The van der Waals surface area contributed by atoms with Gasteiger partial charge in [0.25, 0.3) is 0 Å². The molecule has 1 rings (SSSR count). The van der Waals surface area contributed by atoms with E-state index in [1.807, 2.05) is 6.07 Å². The molecule has 1 aromatic carbocycles. The third-order valence-corrected chi connectivity index (χ3v) is 5.15. The van der Waals surface area contributed by atoms with Gasteiger partial charge in [-0.05, 0) is 48.4 Å². The van der Waals surface area contributed by atoms with Crippen LogP contribution in [0.3, 0.4) is 0 Å². The number of rotatable bonds is 14. The number of benzene rings is 1. The van der Waals surface area contributed by atoms with Gasteiger partial charge in [-0.2, -0.15) is 0 Å². The first-order valence-electron chi connectivity index (χ1n) is 10.6. The lowest BCUT2D eigenvalue weighted by molar-refractivity contribution is 0.0691. The fourth-order valence-electron chi connectivity index (χ4n) is 3.68. The fraction of sp³-hybridized carbons (Fsp3) is 0.696. The van der Waals surface area contributed by atoms with Crippen molar-refractivity contribution < 1.29 is 14.6 Å². The van der Waals surface area contributed by atoms with Crippen molar-refractivity contribution in [2.45, 2.75) is 98.3 Å². The van der Waals surface area contributed by atoms with Crippen molar-refractivity contribution in [2.24, 2.45) is 0 Å². The largest absolute Gasteiger partial charge is 0.492 e. The van der Waals surface area contributed by atoms with Crippen molar-refractivity contribution in [1.29, 1.82) is 0 Å². The zero-order chi connectivity index (χ0) is 19.4. The Balaban J connectivity index is 2.68. The topological polar surface area (TPSA) is 46.5 Å². The molecule has 3 heteroatoms. The van der Waals surface area contributed by atoms with Crippen LogP contribution < -0.4 is 4.74 Å². The maximum absolute atomic E-state index is 11.7. The highest BCUT2D eigenvalue weighted by Gasteiger charge is 2.20. The van der Waals surface area contributed by atoms with Gasteiger partial charge < -0.3 is 9.84 Å². The van der Waals surface area contributed by atoms with Crippen LogP contribution in [0.15, 0.2) is 6.07 Å². The molecule has 0 saturated heterocycles. The van der Waals surface area contributed by atoms with E-state index in [0.717, 1.165) is 43.2 Å². The minimum absolute atomic E-state index is 0.329. The quantitative estimate of drug-likeness (QED) is 0.380. The molecule has 148 valence electrons. The SMILES string of the molecule is CCCCCCCCCCOc1c(C(=O)O)cc(CC)c(CC)c1CC. The normalized spacial score (nSPS) is 10.9. The van der Waals surface area contributed by atoms with Crippen molar-refractivity contribution in [2.75, 3.05) is 6.61 Å². The number of hydrogen-bond acceptors (Lipinski definition) is 2. The summed E-state index contributed by atoms with van der Waals surface area (Å²) in [6.07, 6.45) is 12.6. The van der Waals surface area contributed by atoms with Crippen LogP contribution in [0, 0.1) is 0 Å². The number of carboxylic acids is 1. The van der Waals surface area contributed by atoms with E-state index in [9.17, 15) is 9.90 Å². The predicted octanol–water partition coefficient (Wildman–Crippen LogP) is 6.59. The van der Waals surface area contributed by atoms with Crippen molar-refractivity contribution in [3.8, 4) is 5.75 Å². The summed E-state index contributed by atoms with van der Waals surface area (Å²) in [4.78, 5) is 11.7. The Bertz CT molecular complexity index is 549. The van der Waals surface area contributed by atoms with Crippen molar-refractivity contribution >= 4 is 5.97 Å². The lowest BCUT2D eigenvalue weighted by atomic mass is 9.91. The summed E-state index contributed by atoms with van der Waals surface area (Å²) in [5, 5.41) is 9.63. The first-order valence-corrected chi connectivity index (χ1v) is 10.6. The number of carbonyl (C=O) groups is 1. The molecule has 0 radical (unpaired) electrons. The van der Waals surface area contributed by atoms with Crippen LogP contribution in [-0.2, 0) is 19.3 Å². The molecule has 1 aromatic rings. The van der Waals surface area contributed by atoms with Crippen LogP contribution in [0.2, 0.25) is 0 Å². The summed E-state index contributed by atoms with van der Waals surface area (Å²) in [7, 11) is 0. The highest BCUT2D eigenvalue weighted by atomic mass is 16.5. The second-order valence-corrected chi connectivity index (χ2v) is 7.06. The number of hydrogen-bond donors (Lipinski definition) is 1.